The van der Waals surface area contributed by atoms with Crippen LogP contribution in [0, 0.1) is 25.2 Å². The fourth-order valence-electron chi connectivity index (χ4n) is 6.73. The Morgan fingerprint density at radius 2 is 1.62 bits per heavy atom. The number of hydrogen-bond acceptors (Lipinski definition) is 4. The van der Waals surface area contributed by atoms with E-state index >= 15 is 0 Å². The van der Waals surface area contributed by atoms with Crippen LogP contribution in [0.5, 0.6) is 11.5 Å². The van der Waals surface area contributed by atoms with Gasteiger partial charge in [0.1, 0.15) is 25.6 Å². The summed E-state index contributed by atoms with van der Waals surface area (Å²) < 4.78 is 27.0. The van der Waals surface area contributed by atoms with Gasteiger partial charge in [-0.05, 0) is 84.1 Å². The highest BCUT2D eigenvalue weighted by atomic mass is 31.1. The third kappa shape index (κ3) is 9.70. The molecule has 0 radical (unpaired) electrons. The van der Waals surface area contributed by atoms with Gasteiger partial charge < -0.3 is 18.5 Å². The first kappa shape index (κ1) is 37.6. The van der Waals surface area contributed by atoms with Gasteiger partial charge in [-0.3, -0.25) is 0 Å². The molecule has 0 heterocycles. The molecular weight excluding hydrogens is 618 g/mol. The normalized spacial score (nSPS) is 22.2. The van der Waals surface area contributed by atoms with E-state index in [1.807, 2.05) is 6.07 Å². The molecule has 0 aromatic heterocycles. The number of ether oxygens (including phenoxy) is 2. The summed E-state index contributed by atoms with van der Waals surface area (Å²) >= 11 is 0. The largest absolute Gasteiger partial charge is 0.480 e. The van der Waals surface area contributed by atoms with E-state index in [1.54, 1.807) is 0 Å². The predicted molar refractivity (Wildman–Crippen MR) is 204 cm³/mol. The first-order chi connectivity index (χ1) is 22.1. The summed E-state index contributed by atoms with van der Waals surface area (Å²) in [4.78, 5) is 0. The second-order valence-electron chi connectivity index (χ2n) is 14.9. The van der Waals surface area contributed by atoms with Gasteiger partial charge in [0.05, 0.1) is 12.2 Å². The third-order valence-corrected chi connectivity index (χ3v) is 10.9. The zero-order valence-electron chi connectivity index (χ0n) is 30.8. The van der Waals surface area contributed by atoms with Gasteiger partial charge in [0.2, 0.25) is 0 Å². The average Bonchev–Trinajstić information content (AvgIpc) is 2.98. The SMILES string of the molecule is CCc1ccccc1OC(C)(C)POc1c(C)cc(C)cc1C(C)C1=CC(C)=CC(C)(C)C1OPC(C)(C)OC1C=CC=CC1CC. The Hall–Kier alpha value is -2.22. The number of rotatable bonds is 14. The van der Waals surface area contributed by atoms with Crippen molar-refractivity contribution in [3.05, 3.63) is 106 Å². The van der Waals surface area contributed by atoms with E-state index in [1.165, 1.54) is 27.8 Å². The van der Waals surface area contributed by atoms with E-state index in [-0.39, 0.29) is 41.2 Å². The van der Waals surface area contributed by atoms with Crippen LogP contribution in [0.15, 0.2) is 84.0 Å². The maximum absolute atomic E-state index is 6.97. The molecule has 0 fully saturated rings. The molecule has 0 N–H and O–H groups in total. The molecule has 4 nitrogen and oxygen atoms in total. The minimum absolute atomic E-state index is 0.0611. The maximum atomic E-state index is 6.97. The van der Waals surface area contributed by atoms with Crippen molar-refractivity contribution in [1.29, 1.82) is 0 Å². The van der Waals surface area contributed by atoms with Crippen molar-refractivity contribution in [3.63, 3.8) is 0 Å². The lowest BCUT2D eigenvalue weighted by Crippen LogP contribution is -2.37. The van der Waals surface area contributed by atoms with Gasteiger partial charge in [0, 0.05) is 31.6 Å². The second kappa shape index (κ2) is 15.6. The fourth-order valence-corrected chi connectivity index (χ4v) is 8.53. The van der Waals surface area contributed by atoms with Crippen molar-refractivity contribution in [2.24, 2.45) is 11.3 Å². The molecule has 6 unspecified atom stereocenters. The molecule has 0 saturated heterocycles. The molecule has 6 atom stereocenters. The lowest BCUT2D eigenvalue weighted by molar-refractivity contribution is -0.0203. The molecule has 2 aliphatic carbocycles. The highest BCUT2D eigenvalue weighted by Crippen LogP contribution is 2.50. The molecule has 0 spiro atoms. The highest BCUT2D eigenvalue weighted by Gasteiger charge is 2.39. The van der Waals surface area contributed by atoms with Crippen molar-refractivity contribution in [3.8, 4) is 11.5 Å². The first-order valence-electron chi connectivity index (χ1n) is 17.2. The lowest BCUT2D eigenvalue weighted by atomic mass is 9.72. The zero-order chi connectivity index (χ0) is 34.6. The van der Waals surface area contributed by atoms with Crippen molar-refractivity contribution >= 4 is 17.6 Å². The number of benzene rings is 2. The fraction of sp³-hybridized carbons (Fsp3) is 0.512. The Labute approximate surface area is 289 Å². The summed E-state index contributed by atoms with van der Waals surface area (Å²) in [5.41, 5.74) is 7.11. The van der Waals surface area contributed by atoms with Gasteiger partial charge in [-0.1, -0.05) is 113 Å². The number of aryl methyl sites for hydroxylation is 3. The van der Waals surface area contributed by atoms with Crippen LogP contribution in [-0.2, 0) is 15.7 Å². The van der Waals surface area contributed by atoms with Crippen LogP contribution in [0.3, 0.4) is 0 Å². The summed E-state index contributed by atoms with van der Waals surface area (Å²) in [7, 11) is 0.285. The van der Waals surface area contributed by atoms with E-state index in [0.717, 1.165) is 29.9 Å². The monoisotopic (exact) mass is 676 g/mol. The Kier molecular flexibility index (Phi) is 12.4. The van der Waals surface area contributed by atoms with Gasteiger partial charge >= 0.3 is 0 Å². The molecule has 4 rings (SSSR count). The quantitative estimate of drug-likeness (QED) is 0.187. The third-order valence-electron chi connectivity index (χ3n) is 9.02. The predicted octanol–water partition coefficient (Wildman–Crippen LogP) is 11.9. The molecule has 6 heteroatoms. The summed E-state index contributed by atoms with van der Waals surface area (Å²) in [6, 6.07) is 12.8. The standard InChI is InChI=1S/C41H58O4P2/c1-13-31-19-15-17-21-35(31)42-40(9,10)46-44-37-29(5)23-27(3)24-33(37)30(6)34-25-28(4)26-39(7,8)38(34)45-47-41(11,12)43-36-22-18-16-20-32(36)14-2/h15-26,30,32,36,38,46-47H,13-14H2,1-12H3. The van der Waals surface area contributed by atoms with Crippen LogP contribution in [-0.4, -0.2) is 22.9 Å². The van der Waals surface area contributed by atoms with Gasteiger partial charge in [0.25, 0.3) is 0 Å². The van der Waals surface area contributed by atoms with Gasteiger partial charge in [-0.25, -0.2) is 0 Å². The van der Waals surface area contributed by atoms with E-state index in [9.17, 15) is 0 Å². The molecule has 2 aromatic rings. The van der Waals surface area contributed by atoms with Gasteiger partial charge in [0.15, 0.2) is 5.34 Å². The summed E-state index contributed by atoms with van der Waals surface area (Å²) in [6.07, 6.45) is 15.3. The van der Waals surface area contributed by atoms with Crippen LogP contribution in [0.25, 0.3) is 0 Å². The first-order valence-corrected chi connectivity index (χ1v) is 19.1. The van der Waals surface area contributed by atoms with E-state index < -0.39 is 10.7 Å². The Bertz CT molecular complexity index is 1510. The van der Waals surface area contributed by atoms with Crippen LogP contribution in [0.2, 0.25) is 0 Å². The Balaban J connectivity index is 1.58. The van der Waals surface area contributed by atoms with Crippen molar-refractivity contribution in [2.75, 3.05) is 0 Å². The minimum atomic E-state index is -0.493. The Morgan fingerprint density at radius 1 is 0.915 bits per heavy atom. The van der Waals surface area contributed by atoms with Crippen molar-refractivity contribution in [1.82, 2.24) is 0 Å². The smallest absolute Gasteiger partial charge is 0.155 e. The zero-order valence-corrected chi connectivity index (χ0v) is 32.8. The van der Waals surface area contributed by atoms with Crippen LogP contribution in [0.1, 0.15) is 104 Å². The van der Waals surface area contributed by atoms with Crippen molar-refractivity contribution in [2.45, 2.75) is 125 Å². The van der Waals surface area contributed by atoms with Crippen molar-refractivity contribution < 1.29 is 18.5 Å². The highest BCUT2D eigenvalue weighted by molar-refractivity contribution is 7.34. The average molecular weight is 677 g/mol. The van der Waals surface area contributed by atoms with E-state index in [0.29, 0.717) is 5.92 Å². The van der Waals surface area contributed by atoms with E-state index in [4.69, 9.17) is 18.5 Å². The van der Waals surface area contributed by atoms with Gasteiger partial charge in [-0.2, -0.15) is 0 Å². The molecule has 0 aliphatic heterocycles. The molecular formula is C41H58O4P2. The molecule has 2 aromatic carbocycles. The van der Waals surface area contributed by atoms with Crippen LogP contribution in [0.4, 0.5) is 0 Å². The molecule has 2 aliphatic rings. The number of allylic oxidation sites excluding steroid dienone is 4. The Morgan fingerprint density at radius 3 is 2.32 bits per heavy atom. The molecule has 0 bridgehead atoms. The number of hydrogen-bond donors (Lipinski definition) is 0. The maximum Gasteiger partial charge on any atom is 0.155 e. The summed E-state index contributed by atoms with van der Waals surface area (Å²) in [6.45, 7) is 26.3. The van der Waals surface area contributed by atoms with Crippen LogP contribution >= 0.6 is 17.6 Å². The summed E-state index contributed by atoms with van der Waals surface area (Å²) in [5.74, 6) is 2.34. The van der Waals surface area contributed by atoms with E-state index in [2.05, 4.69) is 150 Å². The van der Waals surface area contributed by atoms with Gasteiger partial charge in [-0.15, -0.1) is 0 Å². The van der Waals surface area contributed by atoms with Crippen LogP contribution < -0.4 is 9.26 Å². The molecule has 0 saturated carbocycles. The topological polar surface area (TPSA) is 36.9 Å². The lowest BCUT2D eigenvalue weighted by Gasteiger charge is -2.41. The molecule has 256 valence electrons. The minimum Gasteiger partial charge on any atom is -0.480 e. The number of para-hydroxylation sites is 1. The second-order valence-corrected chi connectivity index (χ2v) is 18.1. The molecule has 0 amide bonds. The summed E-state index contributed by atoms with van der Waals surface area (Å²) in [5, 5.41) is -0.918. The molecule has 47 heavy (non-hydrogen) atoms.